The van der Waals surface area contributed by atoms with Crippen molar-refractivity contribution in [3.63, 3.8) is 0 Å². The van der Waals surface area contributed by atoms with Gasteiger partial charge in [-0.2, -0.15) is 0 Å². The Labute approximate surface area is 355 Å². The van der Waals surface area contributed by atoms with E-state index in [1.54, 1.807) is 0 Å². The minimum absolute atomic E-state index is 0.0628. The molecule has 0 amide bonds. The number of carbonyl (C=O) groups excluding carboxylic acids is 3. The summed E-state index contributed by atoms with van der Waals surface area (Å²) in [7, 11) is 0. The number of esters is 3. The van der Waals surface area contributed by atoms with Crippen molar-refractivity contribution >= 4 is 17.9 Å². The number of ether oxygens (including phenoxy) is 3. The van der Waals surface area contributed by atoms with E-state index >= 15 is 0 Å². The maximum absolute atomic E-state index is 12.7. The Hall–Kier alpha value is -1.59. The summed E-state index contributed by atoms with van der Waals surface area (Å²) < 4.78 is 16.8. The summed E-state index contributed by atoms with van der Waals surface area (Å²) in [6, 6.07) is 0. The zero-order valence-electron chi connectivity index (χ0n) is 38.8. The van der Waals surface area contributed by atoms with Gasteiger partial charge in [-0.15, -0.1) is 0 Å². The van der Waals surface area contributed by atoms with Crippen LogP contribution in [0.3, 0.4) is 0 Å². The fourth-order valence-corrected chi connectivity index (χ4v) is 7.69. The fraction of sp³-hybridized carbons (Fsp3) is 0.941. The molecule has 0 saturated carbocycles. The fourth-order valence-electron chi connectivity index (χ4n) is 7.69. The third-order valence-electron chi connectivity index (χ3n) is 11.5. The molecule has 0 aromatic heterocycles. The van der Waals surface area contributed by atoms with Crippen LogP contribution in [0.5, 0.6) is 0 Å². The molecule has 0 aromatic carbocycles. The largest absolute Gasteiger partial charge is 0.462 e. The van der Waals surface area contributed by atoms with Crippen LogP contribution in [-0.4, -0.2) is 37.2 Å². The Bertz CT molecular complexity index is 857. The molecule has 0 aliphatic heterocycles. The maximum atomic E-state index is 12.7. The first-order valence-electron chi connectivity index (χ1n) is 25.4. The van der Waals surface area contributed by atoms with Crippen molar-refractivity contribution < 1.29 is 28.6 Å². The highest BCUT2D eigenvalue weighted by Gasteiger charge is 2.19. The molecule has 6 nitrogen and oxygen atoms in total. The second-order valence-electron chi connectivity index (χ2n) is 17.9. The van der Waals surface area contributed by atoms with E-state index in [9.17, 15) is 14.4 Å². The van der Waals surface area contributed by atoms with E-state index in [1.807, 2.05) is 0 Å². The lowest BCUT2D eigenvalue weighted by Crippen LogP contribution is -2.30. The van der Waals surface area contributed by atoms with Crippen LogP contribution in [-0.2, 0) is 28.6 Å². The van der Waals surface area contributed by atoms with Crippen molar-refractivity contribution in [2.24, 2.45) is 5.92 Å². The van der Waals surface area contributed by atoms with Crippen LogP contribution >= 0.6 is 0 Å². The zero-order valence-corrected chi connectivity index (χ0v) is 38.8. The predicted molar refractivity (Wildman–Crippen MR) is 243 cm³/mol. The molecule has 0 radical (unpaired) electrons. The summed E-state index contributed by atoms with van der Waals surface area (Å²) in [6.07, 6.45) is 46.5. The minimum atomic E-state index is -0.760. The summed E-state index contributed by atoms with van der Waals surface area (Å²) in [5.41, 5.74) is 0. The van der Waals surface area contributed by atoms with Crippen LogP contribution in [0.25, 0.3) is 0 Å². The van der Waals surface area contributed by atoms with Crippen LogP contribution in [0.4, 0.5) is 0 Å². The highest BCUT2D eigenvalue weighted by atomic mass is 16.6. The summed E-state index contributed by atoms with van der Waals surface area (Å²) in [5, 5.41) is 0. The van der Waals surface area contributed by atoms with Crippen molar-refractivity contribution in [3.8, 4) is 0 Å². The normalized spacial score (nSPS) is 11.9. The molecule has 0 unspecified atom stereocenters. The van der Waals surface area contributed by atoms with Crippen LogP contribution in [0.1, 0.15) is 285 Å². The third-order valence-corrected chi connectivity index (χ3v) is 11.5. The standard InChI is InChI=1S/C51H98O6/c1-5-7-9-11-13-15-17-22-26-30-34-38-42-49(52)55-45-48(57-51(54)44-40-36-32-28-23-18-16-14-12-10-8-6-2)46-56-50(53)43-39-35-31-27-24-20-19-21-25-29-33-37-41-47(3)4/h47-48H,5-46H2,1-4H3/t48-/m0/s1. The lowest BCUT2D eigenvalue weighted by atomic mass is 10.0. The number of rotatable bonds is 46. The molecule has 6 heteroatoms. The van der Waals surface area contributed by atoms with Gasteiger partial charge in [-0.3, -0.25) is 14.4 Å². The van der Waals surface area contributed by atoms with Gasteiger partial charge >= 0.3 is 17.9 Å². The number of unbranched alkanes of at least 4 members (excludes halogenated alkanes) is 33. The number of hydrogen-bond donors (Lipinski definition) is 0. The zero-order chi connectivity index (χ0) is 41.7. The van der Waals surface area contributed by atoms with Gasteiger partial charge in [0, 0.05) is 19.3 Å². The number of carbonyl (C=O) groups is 3. The summed E-state index contributed by atoms with van der Waals surface area (Å²) in [6.45, 7) is 9.02. The van der Waals surface area contributed by atoms with Gasteiger partial charge in [0.05, 0.1) is 0 Å². The SMILES string of the molecule is CCCCCCCCCCCCCCC(=O)OC[C@@H](COC(=O)CCCCCCCCCCCCCCC(C)C)OC(=O)CCCCCCCCCCCCCC. The van der Waals surface area contributed by atoms with Crippen LogP contribution in [0.15, 0.2) is 0 Å². The topological polar surface area (TPSA) is 78.9 Å². The summed E-state index contributed by atoms with van der Waals surface area (Å²) >= 11 is 0. The molecule has 0 aromatic rings. The molecule has 0 fully saturated rings. The van der Waals surface area contributed by atoms with E-state index in [0.29, 0.717) is 19.3 Å². The van der Waals surface area contributed by atoms with Gasteiger partial charge in [0.1, 0.15) is 13.2 Å². The smallest absolute Gasteiger partial charge is 0.306 e. The van der Waals surface area contributed by atoms with Gasteiger partial charge in [-0.25, -0.2) is 0 Å². The van der Waals surface area contributed by atoms with Crippen molar-refractivity contribution in [3.05, 3.63) is 0 Å². The van der Waals surface area contributed by atoms with E-state index in [-0.39, 0.29) is 31.1 Å². The highest BCUT2D eigenvalue weighted by molar-refractivity contribution is 5.71. The molecule has 338 valence electrons. The lowest BCUT2D eigenvalue weighted by Gasteiger charge is -2.18. The molecule has 0 rings (SSSR count). The second kappa shape index (κ2) is 45.5. The van der Waals surface area contributed by atoms with Gasteiger partial charge < -0.3 is 14.2 Å². The molecule has 0 saturated heterocycles. The minimum Gasteiger partial charge on any atom is -0.462 e. The molecular weight excluding hydrogens is 709 g/mol. The molecule has 57 heavy (non-hydrogen) atoms. The highest BCUT2D eigenvalue weighted by Crippen LogP contribution is 2.17. The maximum Gasteiger partial charge on any atom is 0.306 e. The van der Waals surface area contributed by atoms with E-state index in [4.69, 9.17) is 14.2 Å². The average molecular weight is 807 g/mol. The first-order chi connectivity index (χ1) is 27.9. The van der Waals surface area contributed by atoms with Crippen molar-refractivity contribution in [1.29, 1.82) is 0 Å². The summed E-state index contributed by atoms with van der Waals surface area (Å²) in [5.74, 6) is -0.0119. The molecule has 0 heterocycles. The Balaban J connectivity index is 4.30. The van der Waals surface area contributed by atoms with Crippen molar-refractivity contribution in [2.45, 2.75) is 291 Å². The predicted octanol–water partition coefficient (Wildman–Crippen LogP) is 16.3. The molecule has 0 aliphatic rings. The van der Waals surface area contributed by atoms with Gasteiger partial charge in [0.15, 0.2) is 6.10 Å². The average Bonchev–Trinajstić information content (AvgIpc) is 3.19. The third kappa shape index (κ3) is 45.3. The van der Waals surface area contributed by atoms with E-state index in [2.05, 4.69) is 27.7 Å². The molecular formula is C51H98O6. The summed E-state index contributed by atoms with van der Waals surface area (Å²) in [4.78, 5) is 37.9. The Morgan fingerprint density at radius 1 is 0.333 bits per heavy atom. The van der Waals surface area contributed by atoms with Crippen LogP contribution in [0.2, 0.25) is 0 Å². The Morgan fingerprint density at radius 3 is 0.860 bits per heavy atom. The van der Waals surface area contributed by atoms with Crippen molar-refractivity contribution in [1.82, 2.24) is 0 Å². The monoisotopic (exact) mass is 807 g/mol. The molecule has 0 aliphatic carbocycles. The van der Waals surface area contributed by atoms with E-state index in [0.717, 1.165) is 63.7 Å². The molecule has 0 N–H and O–H groups in total. The Morgan fingerprint density at radius 2 is 0.579 bits per heavy atom. The quantitative estimate of drug-likeness (QED) is 0.0346. The van der Waals surface area contributed by atoms with Crippen LogP contribution < -0.4 is 0 Å². The van der Waals surface area contributed by atoms with E-state index < -0.39 is 6.10 Å². The first-order valence-corrected chi connectivity index (χ1v) is 25.4. The van der Waals surface area contributed by atoms with Crippen LogP contribution in [0, 0.1) is 5.92 Å². The Kier molecular flexibility index (Phi) is 44.2. The first kappa shape index (κ1) is 55.4. The van der Waals surface area contributed by atoms with Gasteiger partial charge in [0.2, 0.25) is 0 Å². The second-order valence-corrected chi connectivity index (χ2v) is 17.9. The molecule has 0 spiro atoms. The lowest BCUT2D eigenvalue weighted by molar-refractivity contribution is -0.167. The van der Waals surface area contributed by atoms with E-state index in [1.165, 1.54) is 180 Å². The molecule has 0 bridgehead atoms. The number of hydrogen-bond acceptors (Lipinski definition) is 6. The van der Waals surface area contributed by atoms with Crippen molar-refractivity contribution in [2.75, 3.05) is 13.2 Å². The molecule has 1 atom stereocenters. The van der Waals surface area contributed by atoms with Gasteiger partial charge in [-0.1, -0.05) is 246 Å². The van der Waals surface area contributed by atoms with Gasteiger partial charge in [0.25, 0.3) is 0 Å². The van der Waals surface area contributed by atoms with Gasteiger partial charge in [-0.05, 0) is 25.2 Å².